The summed E-state index contributed by atoms with van der Waals surface area (Å²) in [5.74, 6) is 0. The fraction of sp³-hybridized carbons (Fsp3) is 0.200. The average molecular weight is 348 g/mol. The molecule has 1 N–H and O–H groups in total. The zero-order valence-electron chi connectivity index (χ0n) is 12.9. The highest BCUT2D eigenvalue weighted by atomic mass is 32.2. The highest BCUT2D eigenvalue weighted by Crippen LogP contribution is 2.32. The third-order valence-electron chi connectivity index (χ3n) is 3.35. The summed E-state index contributed by atoms with van der Waals surface area (Å²) in [6, 6.07) is 9.27. The van der Waals surface area contributed by atoms with Gasteiger partial charge in [0.2, 0.25) is 15.2 Å². The Balaban J connectivity index is 2.27. The van der Waals surface area contributed by atoms with Crippen molar-refractivity contribution in [2.45, 2.75) is 12.1 Å². The zero-order chi connectivity index (χ0) is 16.6. The summed E-state index contributed by atoms with van der Waals surface area (Å²) in [6.45, 7) is 1.97. The van der Waals surface area contributed by atoms with E-state index in [4.69, 9.17) is 0 Å². The van der Waals surface area contributed by atoms with Crippen LogP contribution in [0.15, 0.2) is 41.7 Å². The van der Waals surface area contributed by atoms with Crippen LogP contribution in [-0.2, 0) is 10.0 Å². The quantitative estimate of drug-likeness (QED) is 0.734. The Morgan fingerprint density at radius 2 is 2.00 bits per heavy atom. The smallest absolute Gasteiger partial charge is 0.229 e. The maximum absolute atomic E-state index is 11.6. The lowest BCUT2D eigenvalue weighted by Crippen LogP contribution is -2.11. The van der Waals surface area contributed by atoms with Crippen molar-refractivity contribution in [3.8, 4) is 11.3 Å². The SMILES string of the molecule is CSc1ncc2cc(C)c(-c3ccccc3NS(C)(=O)=O)n2n1. The van der Waals surface area contributed by atoms with Gasteiger partial charge in [-0.25, -0.2) is 17.9 Å². The molecular formula is C15H16N4O2S2. The fourth-order valence-corrected chi connectivity index (χ4v) is 3.38. The molecule has 0 aliphatic rings. The maximum Gasteiger partial charge on any atom is 0.229 e. The van der Waals surface area contributed by atoms with Crippen LogP contribution in [-0.4, -0.2) is 35.5 Å². The molecule has 23 heavy (non-hydrogen) atoms. The molecule has 1 aromatic carbocycles. The minimum atomic E-state index is -3.37. The molecule has 120 valence electrons. The first kappa shape index (κ1) is 15.8. The number of hydrogen-bond donors (Lipinski definition) is 1. The molecule has 0 radical (unpaired) electrons. The van der Waals surface area contributed by atoms with Gasteiger partial charge in [-0.3, -0.25) is 4.72 Å². The molecule has 0 bridgehead atoms. The maximum atomic E-state index is 11.6. The van der Waals surface area contributed by atoms with Gasteiger partial charge in [-0.05, 0) is 30.9 Å². The van der Waals surface area contributed by atoms with Crippen molar-refractivity contribution in [1.82, 2.24) is 14.6 Å². The lowest BCUT2D eigenvalue weighted by Gasteiger charge is -2.11. The van der Waals surface area contributed by atoms with Crippen molar-refractivity contribution in [1.29, 1.82) is 0 Å². The minimum Gasteiger partial charge on any atom is -0.283 e. The van der Waals surface area contributed by atoms with Crippen molar-refractivity contribution in [2.24, 2.45) is 0 Å². The summed E-state index contributed by atoms with van der Waals surface area (Å²) in [5, 5.41) is 5.18. The number of nitrogens with zero attached hydrogens (tertiary/aromatic N) is 3. The predicted octanol–water partition coefficient (Wildman–Crippen LogP) is 2.80. The highest BCUT2D eigenvalue weighted by molar-refractivity contribution is 7.98. The van der Waals surface area contributed by atoms with Crippen LogP contribution in [0.1, 0.15) is 5.56 Å². The normalized spacial score (nSPS) is 11.8. The van der Waals surface area contributed by atoms with Crippen LogP contribution in [0.4, 0.5) is 5.69 Å². The van der Waals surface area contributed by atoms with Crippen LogP contribution in [0.3, 0.4) is 0 Å². The second kappa shape index (κ2) is 5.86. The molecule has 6 nitrogen and oxygen atoms in total. The molecule has 3 rings (SSSR count). The molecule has 0 aliphatic carbocycles. The van der Waals surface area contributed by atoms with E-state index in [1.807, 2.05) is 31.4 Å². The Morgan fingerprint density at radius 3 is 2.70 bits per heavy atom. The van der Waals surface area contributed by atoms with Gasteiger partial charge in [0.15, 0.2) is 0 Å². The number of para-hydroxylation sites is 1. The summed E-state index contributed by atoms with van der Waals surface area (Å²) in [7, 11) is -3.37. The van der Waals surface area contributed by atoms with Crippen molar-refractivity contribution >= 4 is 33.0 Å². The minimum absolute atomic E-state index is 0.530. The number of aromatic nitrogens is 3. The molecule has 0 saturated heterocycles. The van der Waals surface area contributed by atoms with E-state index >= 15 is 0 Å². The molecule has 0 amide bonds. The Labute approximate surface area is 139 Å². The van der Waals surface area contributed by atoms with Gasteiger partial charge in [0.25, 0.3) is 0 Å². The van der Waals surface area contributed by atoms with Crippen LogP contribution >= 0.6 is 11.8 Å². The molecular weight excluding hydrogens is 332 g/mol. The van der Waals surface area contributed by atoms with E-state index in [1.54, 1.807) is 22.8 Å². The van der Waals surface area contributed by atoms with E-state index in [9.17, 15) is 8.42 Å². The first-order chi connectivity index (χ1) is 10.9. The van der Waals surface area contributed by atoms with Gasteiger partial charge in [0.05, 0.1) is 29.4 Å². The summed E-state index contributed by atoms with van der Waals surface area (Å²) in [6.07, 6.45) is 4.82. The van der Waals surface area contributed by atoms with Gasteiger partial charge in [-0.1, -0.05) is 30.0 Å². The molecule has 0 unspecified atom stereocenters. The van der Waals surface area contributed by atoms with Crippen molar-refractivity contribution < 1.29 is 8.42 Å². The monoisotopic (exact) mass is 348 g/mol. The first-order valence-corrected chi connectivity index (χ1v) is 9.97. The number of anilines is 1. The molecule has 2 aromatic heterocycles. The largest absolute Gasteiger partial charge is 0.283 e. The van der Waals surface area contributed by atoms with Crippen LogP contribution in [0.5, 0.6) is 0 Å². The van der Waals surface area contributed by atoms with Gasteiger partial charge >= 0.3 is 0 Å². The topological polar surface area (TPSA) is 76.4 Å². The van der Waals surface area contributed by atoms with Crippen LogP contribution < -0.4 is 4.72 Å². The van der Waals surface area contributed by atoms with Crippen LogP contribution in [0.25, 0.3) is 16.8 Å². The molecule has 0 fully saturated rings. The lowest BCUT2D eigenvalue weighted by molar-refractivity contribution is 0.607. The van der Waals surface area contributed by atoms with Gasteiger partial charge in [0.1, 0.15) is 0 Å². The summed E-state index contributed by atoms with van der Waals surface area (Å²) >= 11 is 1.46. The molecule has 0 spiro atoms. The van der Waals surface area contributed by atoms with Gasteiger partial charge < -0.3 is 0 Å². The number of aryl methyl sites for hydroxylation is 1. The van der Waals surface area contributed by atoms with Crippen LogP contribution in [0.2, 0.25) is 0 Å². The summed E-state index contributed by atoms with van der Waals surface area (Å²) in [5.41, 5.74) is 4.03. The Hall–Kier alpha value is -2.06. The number of benzene rings is 1. The van der Waals surface area contributed by atoms with Gasteiger partial charge in [-0.15, -0.1) is 5.10 Å². The average Bonchev–Trinajstić information content (AvgIpc) is 2.81. The molecule has 3 aromatic rings. The number of sulfonamides is 1. The molecule has 0 aliphatic heterocycles. The van der Waals surface area contributed by atoms with E-state index in [0.717, 1.165) is 28.6 Å². The van der Waals surface area contributed by atoms with Crippen molar-refractivity contribution in [2.75, 3.05) is 17.2 Å². The third kappa shape index (κ3) is 3.18. The van der Waals surface area contributed by atoms with E-state index in [-0.39, 0.29) is 0 Å². The van der Waals surface area contributed by atoms with Crippen LogP contribution in [0, 0.1) is 6.92 Å². The highest BCUT2D eigenvalue weighted by Gasteiger charge is 2.16. The Morgan fingerprint density at radius 1 is 1.26 bits per heavy atom. The second-order valence-electron chi connectivity index (χ2n) is 5.18. The number of thioether (sulfide) groups is 1. The van der Waals surface area contributed by atoms with Crippen molar-refractivity contribution in [3.05, 3.63) is 42.1 Å². The molecule has 0 atom stereocenters. The molecule has 0 saturated carbocycles. The fourth-order valence-electron chi connectivity index (χ4n) is 2.48. The predicted molar refractivity (Wildman–Crippen MR) is 93.4 cm³/mol. The number of nitrogens with one attached hydrogen (secondary N) is 1. The summed E-state index contributed by atoms with van der Waals surface area (Å²) in [4.78, 5) is 4.27. The van der Waals surface area contributed by atoms with E-state index in [2.05, 4.69) is 14.8 Å². The first-order valence-electron chi connectivity index (χ1n) is 6.85. The number of hydrogen-bond acceptors (Lipinski definition) is 5. The summed E-state index contributed by atoms with van der Waals surface area (Å²) < 4.78 is 27.6. The lowest BCUT2D eigenvalue weighted by atomic mass is 10.1. The third-order valence-corrected chi connectivity index (χ3v) is 4.49. The molecule has 8 heteroatoms. The number of fused-ring (bicyclic) bond motifs is 1. The van der Waals surface area contributed by atoms with Crippen molar-refractivity contribution in [3.63, 3.8) is 0 Å². The second-order valence-corrected chi connectivity index (χ2v) is 7.70. The van der Waals surface area contributed by atoms with E-state index in [0.29, 0.717) is 10.8 Å². The standard InChI is InChI=1S/C15H16N4O2S2/c1-10-8-11-9-16-15(22-2)17-19(11)14(10)12-6-4-5-7-13(12)18-23(3,20)21/h4-9,18H,1-3H3. The van der Waals surface area contributed by atoms with Gasteiger partial charge in [-0.2, -0.15) is 0 Å². The molecule has 2 heterocycles. The Bertz CT molecular complexity index is 980. The Kier molecular flexibility index (Phi) is 4.03. The van der Waals surface area contributed by atoms with E-state index < -0.39 is 10.0 Å². The zero-order valence-corrected chi connectivity index (χ0v) is 14.6. The van der Waals surface area contributed by atoms with E-state index in [1.165, 1.54) is 11.8 Å². The van der Waals surface area contributed by atoms with Gasteiger partial charge in [0, 0.05) is 5.56 Å². The number of rotatable bonds is 4.